The van der Waals surface area contributed by atoms with Gasteiger partial charge in [-0.1, -0.05) is 31.5 Å². The van der Waals surface area contributed by atoms with E-state index in [0.717, 1.165) is 6.42 Å². The van der Waals surface area contributed by atoms with Crippen molar-refractivity contribution in [3.63, 3.8) is 0 Å². The summed E-state index contributed by atoms with van der Waals surface area (Å²) in [5, 5.41) is 0.733. The molecule has 1 aliphatic heterocycles. The third-order valence-electron chi connectivity index (χ3n) is 6.37. The van der Waals surface area contributed by atoms with Crippen LogP contribution >= 0.6 is 11.6 Å². The lowest BCUT2D eigenvalue weighted by atomic mass is 9.98. The molecule has 0 saturated heterocycles. The Morgan fingerprint density at radius 2 is 1.89 bits per heavy atom. The fraction of sp³-hybridized carbons (Fsp3) is 0.310. The standard InChI is InChI=1S/C29H28ClNO6/c1-4-34-24-14-18(7-9-23(24)36-13-11-17(2)3)26-25-27(32)21-15-19(30)8-10-22(21)37-28(25)29(33)31(26)16-20-6-5-12-35-20/h5-10,12,14-15,17,26H,4,11,13,16H2,1-3H3. The molecule has 0 radical (unpaired) electrons. The lowest BCUT2D eigenvalue weighted by molar-refractivity contribution is 0.0701. The molecule has 2 aromatic heterocycles. The quantitative estimate of drug-likeness (QED) is 0.246. The normalized spacial score (nSPS) is 15.0. The Morgan fingerprint density at radius 1 is 1.05 bits per heavy atom. The van der Waals surface area contributed by atoms with Crippen molar-refractivity contribution in [3.8, 4) is 11.5 Å². The number of carbonyl (C=O) groups excluding carboxylic acids is 1. The monoisotopic (exact) mass is 521 g/mol. The van der Waals surface area contributed by atoms with Gasteiger partial charge in [0.15, 0.2) is 16.9 Å². The molecular formula is C29H28ClNO6. The number of amides is 1. The zero-order valence-electron chi connectivity index (χ0n) is 21.0. The zero-order chi connectivity index (χ0) is 26.1. The number of furan rings is 1. The van der Waals surface area contributed by atoms with Crippen LogP contribution in [0.5, 0.6) is 11.5 Å². The van der Waals surface area contributed by atoms with E-state index in [1.807, 2.05) is 25.1 Å². The van der Waals surface area contributed by atoms with Crippen LogP contribution in [0.25, 0.3) is 11.0 Å². The SMILES string of the molecule is CCOc1cc(C2c3c(oc4ccc(Cl)cc4c3=O)C(=O)N2Cc2ccco2)ccc1OCCC(C)C. The number of hydrogen-bond donors (Lipinski definition) is 0. The molecule has 5 rings (SSSR count). The topological polar surface area (TPSA) is 82.1 Å². The van der Waals surface area contributed by atoms with Gasteiger partial charge in [-0.25, -0.2) is 0 Å². The molecule has 1 unspecified atom stereocenters. The highest BCUT2D eigenvalue weighted by atomic mass is 35.5. The van der Waals surface area contributed by atoms with Crippen LogP contribution in [0.1, 0.15) is 60.7 Å². The van der Waals surface area contributed by atoms with Crippen LogP contribution in [0.2, 0.25) is 5.02 Å². The van der Waals surface area contributed by atoms with Crippen LogP contribution in [-0.2, 0) is 6.54 Å². The summed E-state index contributed by atoms with van der Waals surface area (Å²) >= 11 is 6.18. The minimum Gasteiger partial charge on any atom is -0.490 e. The van der Waals surface area contributed by atoms with E-state index in [0.29, 0.717) is 57.9 Å². The number of nitrogens with zero attached hydrogens (tertiary/aromatic N) is 1. The van der Waals surface area contributed by atoms with Crippen LogP contribution in [0.3, 0.4) is 0 Å². The molecule has 0 saturated carbocycles. The van der Waals surface area contributed by atoms with Gasteiger partial charge in [-0.05, 0) is 67.3 Å². The Bertz CT molecular complexity index is 1490. The summed E-state index contributed by atoms with van der Waals surface area (Å²) in [6, 6.07) is 13.1. The largest absolute Gasteiger partial charge is 0.490 e. The predicted octanol–water partition coefficient (Wildman–Crippen LogP) is 6.61. The van der Waals surface area contributed by atoms with E-state index >= 15 is 0 Å². The van der Waals surface area contributed by atoms with Crippen molar-refractivity contribution < 1.29 is 23.1 Å². The Kier molecular flexibility index (Phi) is 6.98. The summed E-state index contributed by atoms with van der Waals surface area (Å²) in [6.07, 6.45) is 2.46. The van der Waals surface area contributed by atoms with E-state index in [4.69, 9.17) is 29.9 Å². The predicted molar refractivity (Wildman–Crippen MR) is 140 cm³/mol. The summed E-state index contributed by atoms with van der Waals surface area (Å²) in [6.45, 7) is 7.33. The highest BCUT2D eigenvalue weighted by Gasteiger charge is 2.43. The first kappa shape index (κ1) is 25.0. The van der Waals surface area contributed by atoms with Crippen molar-refractivity contribution >= 4 is 28.5 Å². The number of rotatable bonds is 9. The molecule has 0 aliphatic carbocycles. The lowest BCUT2D eigenvalue weighted by Crippen LogP contribution is -2.29. The van der Waals surface area contributed by atoms with Crippen LogP contribution in [0.4, 0.5) is 0 Å². The molecule has 4 aromatic rings. The van der Waals surface area contributed by atoms with Gasteiger partial charge < -0.3 is 23.2 Å². The van der Waals surface area contributed by atoms with Crippen molar-refractivity contribution in [2.75, 3.05) is 13.2 Å². The lowest BCUT2D eigenvalue weighted by Gasteiger charge is -2.25. The molecule has 2 aromatic carbocycles. The van der Waals surface area contributed by atoms with Gasteiger partial charge in [0.2, 0.25) is 5.76 Å². The van der Waals surface area contributed by atoms with Crippen LogP contribution in [0, 0.1) is 5.92 Å². The number of carbonyl (C=O) groups is 1. The number of hydrogen-bond acceptors (Lipinski definition) is 6. The van der Waals surface area contributed by atoms with Gasteiger partial charge in [-0.3, -0.25) is 9.59 Å². The van der Waals surface area contributed by atoms with E-state index in [-0.39, 0.29) is 29.2 Å². The molecule has 0 bridgehead atoms. The molecule has 1 aliphatic rings. The van der Waals surface area contributed by atoms with Gasteiger partial charge in [-0.15, -0.1) is 0 Å². The van der Waals surface area contributed by atoms with Crippen molar-refractivity contribution in [1.29, 1.82) is 0 Å². The molecular weight excluding hydrogens is 494 g/mol. The first-order valence-electron chi connectivity index (χ1n) is 12.4. The van der Waals surface area contributed by atoms with Crippen LogP contribution < -0.4 is 14.9 Å². The van der Waals surface area contributed by atoms with Crippen molar-refractivity contribution in [2.45, 2.75) is 39.8 Å². The molecule has 0 fully saturated rings. The van der Waals surface area contributed by atoms with Gasteiger partial charge in [-0.2, -0.15) is 0 Å². The molecule has 8 heteroatoms. The van der Waals surface area contributed by atoms with Gasteiger partial charge in [0.05, 0.1) is 43.0 Å². The fourth-order valence-electron chi connectivity index (χ4n) is 4.56. The Labute approximate surface area is 219 Å². The second-order valence-electron chi connectivity index (χ2n) is 9.40. The smallest absolute Gasteiger partial charge is 0.291 e. The van der Waals surface area contributed by atoms with Crippen molar-refractivity contribution in [2.24, 2.45) is 5.92 Å². The molecule has 192 valence electrons. The molecule has 7 nitrogen and oxygen atoms in total. The highest BCUT2D eigenvalue weighted by Crippen LogP contribution is 2.42. The maximum absolute atomic E-state index is 13.8. The van der Waals surface area contributed by atoms with E-state index in [1.165, 1.54) is 0 Å². The Balaban J connectivity index is 1.64. The molecule has 0 spiro atoms. The summed E-state index contributed by atoms with van der Waals surface area (Å²) in [5.41, 5.74) is 0.979. The van der Waals surface area contributed by atoms with Gasteiger partial charge in [0.1, 0.15) is 11.3 Å². The van der Waals surface area contributed by atoms with Crippen LogP contribution in [0.15, 0.2) is 68.4 Å². The van der Waals surface area contributed by atoms with Crippen molar-refractivity contribution in [1.82, 2.24) is 4.90 Å². The number of benzene rings is 2. The third kappa shape index (κ3) is 4.83. The Morgan fingerprint density at radius 3 is 2.62 bits per heavy atom. The summed E-state index contributed by atoms with van der Waals surface area (Å²) in [7, 11) is 0. The number of ether oxygens (including phenoxy) is 2. The second kappa shape index (κ2) is 10.3. The van der Waals surface area contributed by atoms with Gasteiger partial charge in [0.25, 0.3) is 5.91 Å². The fourth-order valence-corrected chi connectivity index (χ4v) is 4.73. The second-order valence-corrected chi connectivity index (χ2v) is 9.84. The molecule has 0 N–H and O–H groups in total. The van der Waals surface area contributed by atoms with E-state index in [9.17, 15) is 9.59 Å². The highest BCUT2D eigenvalue weighted by molar-refractivity contribution is 6.31. The molecule has 37 heavy (non-hydrogen) atoms. The summed E-state index contributed by atoms with van der Waals surface area (Å²) in [5.74, 6) is 1.90. The zero-order valence-corrected chi connectivity index (χ0v) is 21.7. The molecule has 1 amide bonds. The third-order valence-corrected chi connectivity index (χ3v) is 6.61. The minimum atomic E-state index is -0.712. The first-order chi connectivity index (χ1) is 17.9. The number of halogens is 1. The molecule has 3 heterocycles. The average Bonchev–Trinajstić information content (AvgIpc) is 3.48. The van der Waals surface area contributed by atoms with E-state index in [1.54, 1.807) is 41.5 Å². The average molecular weight is 522 g/mol. The van der Waals surface area contributed by atoms with Gasteiger partial charge >= 0.3 is 0 Å². The summed E-state index contributed by atoms with van der Waals surface area (Å²) < 4.78 is 23.4. The van der Waals surface area contributed by atoms with Gasteiger partial charge in [0, 0.05) is 5.02 Å². The van der Waals surface area contributed by atoms with Crippen LogP contribution in [-0.4, -0.2) is 24.0 Å². The maximum atomic E-state index is 13.8. The maximum Gasteiger partial charge on any atom is 0.291 e. The first-order valence-corrected chi connectivity index (χ1v) is 12.7. The minimum absolute atomic E-state index is 0.0200. The van der Waals surface area contributed by atoms with E-state index in [2.05, 4.69) is 13.8 Å². The van der Waals surface area contributed by atoms with Crippen molar-refractivity contribution in [3.05, 3.63) is 92.7 Å². The number of fused-ring (bicyclic) bond motifs is 2. The Hall–Kier alpha value is -3.71. The molecule has 1 atom stereocenters. The summed E-state index contributed by atoms with van der Waals surface area (Å²) in [4.78, 5) is 29.0. The van der Waals surface area contributed by atoms with E-state index < -0.39 is 6.04 Å².